The number of nitrogens with one attached hydrogen (secondary N) is 1. The summed E-state index contributed by atoms with van der Waals surface area (Å²) in [6.45, 7) is 0.221. The van der Waals surface area contributed by atoms with E-state index in [1.807, 2.05) is 17.5 Å². The first-order valence-electron chi connectivity index (χ1n) is 8.27. The average Bonchev–Trinajstić information content (AvgIpc) is 3.33. The molecule has 2 heterocycles. The number of primary amides is 1. The van der Waals surface area contributed by atoms with Gasteiger partial charge in [0, 0.05) is 18.5 Å². The third-order valence-corrected chi connectivity index (χ3v) is 4.40. The topological polar surface area (TPSA) is 120 Å². The Kier molecular flexibility index (Phi) is 6.16. The first kappa shape index (κ1) is 18.6. The van der Waals surface area contributed by atoms with Gasteiger partial charge in [0.25, 0.3) is 0 Å². The highest BCUT2D eigenvalue weighted by atomic mass is 32.1. The van der Waals surface area contributed by atoms with Crippen LogP contribution < -0.4 is 15.8 Å². The number of ether oxygens (including phenoxy) is 1. The van der Waals surface area contributed by atoms with Crippen molar-refractivity contribution in [1.29, 1.82) is 0 Å². The molecule has 8 nitrogen and oxygen atoms in total. The van der Waals surface area contributed by atoms with E-state index in [0.717, 1.165) is 4.88 Å². The maximum absolute atomic E-state index is 12.1. The Bertz CT molecular complexity index is 890. The third-order valence-electron chi connectivity index (χ3n) is 3.53. The molecule has 3 rings (SSSR count). The lowest BCUT2D eigenvalue weighted by Gasteiger charge is -2.07. The molecular weight excluding hydrogens is 368 g/mol. The summed E-state index contributed by atoms with van der Waals surface area (Å²) in [7, 11) is 0. The summed E-state index contributed by atoms with van der Waals surface area (Å²) in [5.41, 5.74) is 5.70. The van der Waals surface area contributed by atoms with Crippen molar-refractivity contribution in [1.82, 2.24) is 10.1 Å². The van der Waals surface area contributed by atoms with E-state index in [1.165, 1.54) is 11.3 Å². The minimum Gasteiger partial charge on any atom is -0.493 e. The van der Waals surface area contributed by atoms with Crippen LogP contribution in [0.25, 0.3) is 10.7 Å². The quantitative estimate of drug-likeness (QED) is 0.583. The van der Waals surface area contributed by atoms with Gasteiger partial charge in [-0.25, -0.2) is 0 Å². The molecule has 140 valence electrons. The van der Waals surface area contributed by atoms with E-state index in [0.29, 0.717) is 29.6 Å². The van der Waals surface area contributed by atoms with Crippen molar-refractivity contribution < 1.29 is 18.8 Å². The molecule has 1 aromatic carbocycles. The summed E-state index contributed by atoms with van der Waals surface area (Å²) in [5.74, 6) is 0.983. The summed E-state index contributed by atoms with van der Waals surface area (Å²) in [6.07, 6.45) is 0.740. The van der Waals surface area contributed by atoms with Gasteiger partial charge in [0.2, 0.25) is 23.5 Å². The molecule has 0 radical (unpaired) electrons. The van der Waals surface area contributed by atoms with Gasteiger partial charge < -0.3 is 20.3 Å². The molecule has 0 bridgehead atoms. The summed E-state index contributed by atoms with van der Waals surface area (Å²) in [5, 5.41) is 8.64. The zero-order valence-electron chi connectivity index (χ0n) is 14.4. The molecule has 0 fully saturated rings. The lowest BCUT2D eigenvalue weighted by molar-refractivity contribution is -0.118. The van der Waals surface area contributed by atoms with Crippen molar-refractivity contribution >= 4 is 28.8 Å². The SMILES string of the molecule is NC(=O)CCOc1ccc(NC(=O)CCc2nc(-c3cccs3)no2)cc1. The van der Waals surface area contributed by atoms with E-state index in [2.05, 4.69) is 15.5 Å². The fraction of sp³-hybridized carbons (Fsp3) is 0.222. The van der Waals surface area contributed by atoms with Gasteiger partial charge in [0.15, 0.2) is 0 Å². The molecule has 3 aromatic rings. The number of thiophene rings is 1. The molecule has 0 saturated heterocycles. The molecule has 2 amide bonds. The van der Waals surface area contributed by atoms with Gasteiger partial charge in [0.05, 0.1) is 17.9 Å². The number of aromatic nitrogens is 2. The monoisotopic (exact) mass is 386 g/mol. The lowest BCUT2D eigenvalue weighted by atomic mass is 10.2. The predicted molar refractivity (Wildman–Crippen MR) is 100 cm³/mol. The van der Waals surface area contributed by atoms with E-state index in [4.69, 9.17) is 15.0 Å². The zero-order chi connectivity index (χ0) is 19.1. The zero-order valence-corrected chi connectivity index (χ0v) is 15.2. The number of anilines is 1. The van der Waals surface area contributed by atoms with Crippen LogP contribution in [0.5, 0.6) is 5.75 Å². The molecule has 0 atom stereocenters. The van der Waals surface area contributed by atoms with Crippen molar-refractivity contribution in [3.63, 3.8) is 0 Å². The van der Waals surface area contributed by atoms with Crippen LogP contribution in [0.15, 0.2) is 46.3 Å². The van der Waals surface area contributed by atoms with Gasteiger partial charge in [-0.2, -0.15) is 4.98 Å². The van der Waals surface area contributed by atoms with Crippen molar-refractivity contribution in [2.24, 2.45) is 5.73 Å². The largest absolute Gasteiger partial charge is 0.493 e. The van der Waals surface area contributed by atoms with Crippen LogP contribution >= 0.6 is 11.3 Å². The first-order valence-corrected chi connectivity index (χ1v) is 9.15. The lowest BCUT2D eigenvalue weighted by Crippen LogP contribution is -2.14. The molecule has 27 heavy (non-hydrogen) atoms. The second-order valence-electron chi connectivity index (χ2n) is 5.63. The smallest absolute Gasteiger partial charge is 0.227 e. The maximum Gasteiger partial charge on any atom is 0.227 e. The summed E-state index contributed by atoms with van der Waals surface area (Å²) >= 11 is 1.53. The number of benzene rings is 1. The predicted octanol–water partition coefficient (Wildman–Crippen LogP) is 2.62. The first-order chi connectivity index (χ1) is 13.1. The van der Waals surface area contributed by atoms with Crippen LogP contribution in [0.1, 0.15) is 18.7 Å². The van der Waals surface area contributed by atoms with Crippen LogP contribution in [0, 0.1) is 0 Å². The molecule has 0 aliphatic rings. The van der Waals surface area contributed by atoms with Gasteiger partial charge in [0.1, 0.15) is 5.75 Å². The van der Waals surface area contributed by atoms with E-state index in [1.54, 1.807) is 24.3 Å². The minimum atomic E-state index is -0.414. The molecule has 9 heteroatoms. The second kappa shape index (κ2) is 8.95. The van der Waals surface area contributed by atoms with Gasteiger partial charge in [-0.1, -0.05) is 11.2 Å². The van der Waals surface area contributed by atoms with Crippen molar-refractivity contribution in [2.75, 3.05) is 11.9 Å². The highest BCUT2D eigenvalue weighted by Crippen LogP contribution is 2.21. The fourth-order valence-corrected chi connectivity index (χ4v) is 2.86. The molecule has 0 unspecified atom stereocenters. The number of hydrogen-bond donors (Lipinski definition) is 2. The highest BCUT2D eigenvalue weighted by Gasteiger charge is 2.11. The number of aryl methyl sites for hydroxylation is 1. The van der Waals surface area contributed by atoms with Gasteiger partial charge in [-0.3, -0.25) is 9.59 Å². The Morgan fingerprint density at radius 2 is 2.00 bits per heavy atom. The molecule has 0 aliphatic carbocycles. The molecule has 0 aliphatic heterocycles. The Labute approximate surface area is 159 Å². The number of nitrogens with zero attached hydrogens (tertiary/aromatic N) is 2. The van der Waals surface area contributed by atoms with E-state index >= 15 is 0 Å². The number of hydrogen-bond acceptors (Lipinski definition) is 7. The van der Waals surface area contributed by atoms with Crippen molar-refractivity contribution in [3.05, 3.63) is 47.7 Å². The van der Waals surface area contributed by atoms with Crippen LogP contribution in [0.2, 0.25) is 0 Å². The number of carbonyl (C=O) groups is 2. The fourth-order valence-electron chi connectivity index (χ4n) is 2.21. The van der Waals surface area contributed by atoms with Crippen LogP contribution in [0.4, 0.5) is 5.69 Å². The standard InChI is InChI=1S/C18H18N4O4S/c19-15(23)9-10-25-13-5-3-12(4-6-13)20-16(24)7-8-17-21-18(22-26-17)14-2-1-11-27-14/h1-6,11H,7-10H2,(H2,19,23)(H,20,24). The number of nitrogens with two attached hydrogens (primary N) is 1. The molecule has 3 N–H and O–H groups in total. The average molecular weight is 386 g/mol. The molecule has 0 saturated carbocycles. The van der Waals surface area contributed by atoms with Gasteiger partial charge >= 0.3 is 0 Å². The third kappa shape index (κ3) is 5.65. The Morgan fingerprint density at radius 1 is 1.19 bits per heavy atom. The Hall–Kier alpha value is -3.20. The maximum atomic E-state index is 12.1. The van der Waals surface area contributed by atoms with Crippen molar-refractivity contribution in [3.8, 4) is 16.5 Å². The van der Waals surface area contributed by atoms with E-state index in [-0.39, 0.29) is 25.4 Å². The summed E-state index contributed by atoms with van der Waals surface area (Å²) in [6, 6.07) is 10.7. The van der Waals surface area contributed by atoms with Crippen LogP contribution in [0.3, 0.4) is 0 Å². The number of rotatable bonds is 9. The Balaban J connectivity index is 1.44. The molecule has 0 spiro atoms. The summed E-state index contributed by atoms with van der Waals surface area (Å²) < 4.78 is 10.6. The Morgan fingerprint density at radius 3 is 2.70 bits per heavy atom. The highest BCUT2D eigenvalue weighted by molar-refractivity contribution is 7.13. The van der Waals surface area contributed by atoms with Crippen LogP contribution in [-0.2, 0) is 16.0 Å². The second-order valence-corrected chi connectivity index (χ2v) is 6.57. The number of amides is 2. The van der Waals surface area contributed by atoms with Crippen molar-refractivity contribution in [2.45, 2.75) is 19.3 Å². The molecular formula is C18H18N4O4S. The normalized spacial score (nSPS) is 10.5. The van der Waals surface area contributed by atoms with E-state index < -0.39 is 5.91 Å². The molecule has 2 aromatic heterocycles. The van der Waals surface area contributed by atoms with Crippen LogP contribution in [-0.4, -0.2) is 28.6 Å². The van der Waals surface area contributed by atoms with E-state index in [9.17, 15) is 9.59 Å². The van der Waals surface area contributed by atoms with Gasteiger partial charge in [-0.05, 0) is 35.7 Å². The summed E-state index contributed by atoms with van der Waals surface area (Å²) in [4.78, 5) is 28.0. The minimum absolute atomic E-state index is 0.155. The number of carbonyl (C=O) groups excluding carboxylic acids is 2. The van der Waals surface area contributed by atoms with Gasteiger partial charge in [-0.15, -0.1) is 11.3 Å².